The highest BCUT2D eigenvalue weighted by Crippen LogP contribution is 2.18. The van der Waals surface area contributed by atoms with E-state index in [0.717, 1.165) is 0 Å². The third-order valence-corrected chi connectivity index (χ3v) is 3.84. The highest BCUT2D eigenvalue weighted by molar-refractivity contribution is 5.86. The van der Waals surface area contributed by atoms with Crippen LogP contribution in [0.4, 0.5) is 4.79 Å². The van der Waals surface area contributed by atoms with E-state index in [2.05, 4.69) is 15.0 Å². The van der Waals surface area contributed by atoms with Gasteiger partial charge in [0.1, 0.15) is 6.04 Å². The zero-order valence-corrected chi connectivity index (χ0v) is 15.0. The van der Waals surface area contributed by atoms with Crippen molar-refractivity contribution in [1.82, 2.24) is 21.0 Å². The second-order valence-electron chi connectivity index (χ2n) is 5.84. The van der Waals surface area contributed by atoms with Crippen LogP contribution < -0.4 is 5.32 Å². The number of hydrogen-bond acceptors (Lipinski definition) is 11. The smallest absolute Gasteiger partial charge is 0.410 e. The summed E-state index contributed by atoms with van der Waals surface area (Å²) >= 11 is 0. The molecule has 1 atom stereocenters. The van der Waals surface area contributed by atoms with Crippen LogP contribution in [-0.4, -0.2) is 87.5 Å². The number of nitrogens with zero attached hydrogens (tertiary/aromatic N) is 3. The second-order valence-corrected chi connectivity index (χ2v) is 5.84. The number of likely N-dealkylation sites (tertiary alicyclic amines) is 1. The van der Waals surface area contributed by atoms with Gasteiger partial charge in [-0.25, -0.2) is 4.79 Å². The predicted molar refractivity (Wildman–Crippen MR) is 85.3 cm³/mol. The van der Waals surface area contributed by atoms with Crippen molar-refractivity contribution in [1.29, 1.82) is 0 Å². The van der Waals surface area contributed by atoms with Gasteiger partial charge in [0, 0.05) is 13.1 Å². The first kappa shape index (κ1) is 23.5. The summed E-state index contributed by atoms with van der Waals surface area (Å²) in [5, 5.41) is 35.5. The molecule has 158 valence electrons. The van der Waals surface area contributed by atoms with Crippen LogP contribution in [-0.2, 0) is 19.2 Å². The van der Waals surface area contributed by atoms with Gasteiger partial charge in [-0.15, -0.1) is 0 Å². The Kier molecular flexibility index (Phi) is 11.8. The summed E-state index contributed by atoms with van der Waals surface area (Å²) in [5.74, 6) is -0.254. The van der Waals surface area contributed by atoms with Gasteiger partial charge in [-0.1, -0.05) is 0 Å². The van der Waals surface area contributed by atoms with Crippen LogP contribution in [0.25, 0.3) is 0 Å². The molecule has 1 aliphatic heterocycles. The maximum absolute atomic E-state index is 12.2. The molecule has 1 rings (SSSR count). The molecule has 1 aliphatic rings. The van der Waals surface area contributed by atoms with E-state index in [9.17, 15) is 9.59 Å². The molecule has 0 aromatic heterocycles. The summed E-state index contributed by atoms with van der Waals surface area (Å²) in [4.78, 5) is 34.5. The van der Waals surface area contributed by atoms with Crippen molar-refractivity contribution in [2.45, 2.75) is 44.6 Å². The first-order chi connectivity index (χ1) is 12.9. The zero-order chi connectivity index (χ0) is 20.1. The molecule has 0 aliphatic carbocycles. The van der Waals surface area contributed by atoms with Crippen LogP contribution >= 0.6 is 0 Å². The Morgan fingerprint density at radius 3 is 2.19 bits per heavy atom. The third-order valence-electron chi connectivity index (χ3n) is 3.84. The molecule has 2 amide bonds. The number of carbonyl (C=O) groups excluding carboxylic acids is 2. The number of hydrogen-bond donors (Lipinski definition) is 5. The minimum atomic E-state index is -0.570. The van der Waals surface area contributed by atoms with Crippen LogP contribution in [0.2, 0.25) is 0 Å². The summed E-state index contributed by atoms with van der Waals surface area (Å²) in [6.45, 7) is 1.13. The Balaban J connectivity index is 2.19. The highest BCUT2D eigenvalue weighted by atomic mass is 17.1. The van der Waals surface area contributed by atoms with Crippen LogP contribution in [0, 0.1) is 0 Å². The number of rotatable bonds is 13. The van der Waals surface area contributed by atoms with Crippen molar-refractivity contribution < 1.29 is 44.8 Å². The Labute approximate surface area is 156 Å². The van der Waals surface area contributed by atoms with E-state index in [1.165, 1.54) is 4.90 Å². The van der Waals surface area contributed by atoms with Crippen LogP contribution in [0.3, 0.4) is 0 Å². The minimum Gasteiger partial charge on any atom is -0.449 e. The van der Waals surface area contributed by atoms with Crippen LogP contribution in [0.1, 0.15) is 38.5 Å². The van der Waals surface area contributed by atoms with E-state index in [0.29, 0.717) is 51.6 Å². The van der Waals surface area contributed by atoms with Gasteiger partial charge in [-0.3, -0.25) is 40.2 Å². The van der Waals surface area contributed by atoms with Gasteiger partial charge in [0.2, 0.25) is 5.91 Å². The maximum Gasteiger partial charge on any atom is 0.410 e. The number of nitrogens with one attached hydrogen (secondary N) is 1. The lowest BCUT2D eigenvalue weighted by Gasteiger charge is -2.23. The van der Waals surface area contributed by atoms with Crippen molar-refractivity contribution in [3.63, 3.8) is 0 Å². The largest absolute Gasteiger partial charge is 0.449 e. The second kappa shape index (κ2) is 13.6. The summed E-state index contributed by atoms with van der Waals surface area (Å²) in [7, 11) is 0. The van der Waals surface area contributed by atoms with Crippen molar-refractivity contribution >= 4 is 12.0 Å². The van der Waals surface area contributed by atoms with E-state index >= 15 is 0 Å². The van der Waals surface area contributed by atoms with E-state index < -0.39 is 12.1 Å². The molecular weight excluding hydrogens is 368 g/mol. The van der Waals surface area contributed by atoms with Crippen LogP contribution in [0.15, 0.2) is 0 Å². The van der Waals surface area contributed by atoms with Gasteiger partial charge in [-0.2, -0.15) is 0 Å². The molecular formula is C14H28N4O9. The van der Waals surface area contributed by atoms with E-state index in [-0.39, 0.29) is 36.5 Å². The standard InChI is InChI=1S/C14H28N4O9/c19-13(15-7-1-2-10-26-17(21)22)12-6-5-8-16(12)14(20)25-9-3-4-11-27-18(23)24/h12,21-24H,1-11H2,(H,15,19). The number of amides is 2. The Morgan fingerprint density at radius 2 is 1.56 bits per heavy atom. The molecule has 13 nitrogen and oxygen atoms in total. The van der Waals surface area contributed by atoms with Gasteiger partial charge in [-0.05, 0) is 38.5 Å². The lowest BCUT2D eigenvalue weighted by molar-refractivity contribution is -0.492. The van der Waals surface area contributed by atoms with Crippen molar-refractivity contribution in [3.8, 4) is 0 Å². The Morgan fingerprint density at radius 1 is 0.963 bits per heavy atom. The van der Waals surface area contributed by atoms with E-state index in [1.54, 1.807) is 0 Å². The molecule has 0 radical (unpaired) electrons. The molecule has 0 aromatic rings. The zero-order valence-electron chi connectivity index (χ0n) is 15.0. The molecule has 27 heavy (non-hydrogen) atoms. The van der Waals surface area contributed by atoms with E-state index in [4.69, 9.17) is 25.6 Å². The molecule has 5 N–H and O–H groups in total. The lowest BCUT2D eigenvalue weighted by atomic mass is 10.2. The Bertz CT molecular complexity index is 401. The fourth-order valence-corrected chi connectivity index (χ4v) is 2.55. The molecule has 0 spiro atoms. The van der Waals surface area contributed by atoms with Gasteiger partial charge < -0.3 is 10.1 Å². The highest BCUT2D eigenvalue weighted by Gasteiger charge is 2.34. The average Bonchev–Trinajstić information content (AvgIpc) is 3.10. The number of unbranched alkanes of at least 4 members (excludes halogenated alkanes) is 2. The van der Waals surface area contributed by atoms with Gasteiger partial charge in [0.15, 0.2) is 0 Å². The molecule has 13 heteroatoms. The Hall–Kier alpha value is -1.58. The number of carbonyl (C=O) groups is 2. The molecule has 1 heterocycles. The fraction of sp³-hybridized carbons (Fsp3) is 0.857. The van der Waals surface area contributed by atoms with Gasteiger partial charge >= 0.3 is 6.09 Å². The summed E-state index contributed by atoms with van der Waals surface area (Å²) in [6.07, 6.45) is 2.75. The molecule has 1 unspecified atom stereocenters. The quantitative estimate of drug-likeness (QED) is 0.214. The maximum atomic E-state index is 12.2. The molecule has 0 saturated carbocycles. The molecule has 0 aromatic carbocycles. The van der Waals surface area contributed by atoms with Crippen LogP contribution in [0.5, 0.6) is 0 Å². The minimum absolute atomic E-state index is 0.0684. The summed E-state index contributed by atoms with van der Waals surface area (Å²) < 4.78 is 5.14. The molecule has 1 fully saturated rings. The molecule has 0 bridgehead atoms. The predicted octanol–water partition coefficient (Wildman–Crippen LogP) is 0.288. The topological polar surface area (TPSA) is 164 Å². The fourth-order valence-electron chi connectivity index (χ4n) is 2.55. The molecule has 1 saturated heterocycles. The summed E-state index contributed by atoms with van der Waals surface area (Å²) in [5.41, 5.74) is 0. The SMILES string of the molecule is O=C(NCCCCON(O)O)C1CCCN1C(=O)OCCCCON(O)O. The van der Waals surface area contributed by atoms with Crippen molar-refractivity contribution in [2.75, 3.05) is 32.9 Å². The normalized spacial score (nSPS) is 17.0. The monoisotopic (exact) mass is 396 g/mol. The first-order valence-corrected chi connectivity index (χ1v) is 8.74. The van der Waals surface area contributed by atoms with Gasteiger partial charge in [0.05, 0.1) is 30.6 Å². The third kappa shape index (κ3) is 10.4. The van der Waals surface area contributed by atoms with Crippen molar-refractivity contribution in [3.05, 3.63) is 0 Å². The summed E-state index contributed by atoms with van der Waals surface area (Å²) in [6, 6.07) is -0.570. The average molecular weight is 396 g/mol. The van der Waals surface area contributed by atoms with E-state index in [1.807, 2.05) is 0 Å². The first-order valence-electron chi connectivity index (χ1n) is 8.74. The lowest BCUT2D eigenvalue weighted by Crippen LogP contribution is -2.46. The van der Waals surface area contributed by atoms with Gasteiger partial charge in [0.25, 0.3) is 0 Å². The number of ether oxygens (including phenoxy) is 1. The van der Waals surface area contributed by atoms with Crippen molar-refractivity contribution in [2.24, 2.45) is 0 Å².